The molecule has 5 heteroatoms. The van der Waals surface area contributed by atoms with E-state index in [2.05, 4.69) is 10.5 Å². The number of amides is 1. The van der Waals surface area contributed by atoms with Crippen molar-refractivity contribution < 1.29 is 4.79 Å². The molecule has 3 N–H and O–H groups in total. The Morgan fingerprint density at radius 1 is 1.29 bits per heavy atom. The fourth-order valence-electron chi connectivity index (χ4n) is 1.22. The molecule has 0 bridgehead atoms. The summed E-state index contributed by atoms with van der Waals surface area (Å²) in [5.74, 6) is -0.252. The molecule has 2 aromatic rings. The average Bonchev–Trinajstić information content (AvgIpc) is 2.83. The van der Waals surface area contributed by atoms with Gasteiger partial charge in [-0.05, 0) is 35.7 Å². The molecule has 0 aliphatic heterocycles. The number of carbonyl (C=O) groups excluding carboxylic acids is 1. The lowest BCUT2D eigenvalue weighted by molar-refractivity contribution is 0.0955. The molecular formula is C12H11N3OS. The topological polar surface area (TPSA) is 67.5 Å². The fourth-order valence-corrected chi connectivity index (χ4v) is 1.80. The van der Waals surface area contributed by atoms with E-state index in [1.807, 2.05) is 17.5 Å². The van der Waals surface area contributed by atoms with Crippen LogP contribution in [0.25, 0.3) is 0 Å². The van der Waals surface area contributed by atoms with Crippen molar-refractivity contribution in [2.75, 3.05) is 5.73 Å². The molecule has 1 aromatic heterocycles. The van der Waals surface area contributed by atoms with E-state index in [0.717, 1.165) is 4.88 Å². The number of rotatable bonds is 3. The highest BCUT2D eigenvalue weighted by molar-refractivity contribution is 7.11. The van der Waals surface area contributed by atoms with Crippen molar-refractivity contribution in [3.8, 4) is 0 Å². The molecule has 0 spiro atoms. The molecule has 86 valence electrons. The Morgan fingerprint density at radius 3 is 2.71 bits per heavy atom. The molecule has 0 saturated heterocycles. The Labute approximate surface area is 103 Å². The summed E-state index contributed by atoms with van der Waals surface area (Å²) in [6, 6.07) is 10.5. The zero-order valence-electron chi connectivity index (χ0n) is 8.96. The molecule has 4 nitrogen and oxygen atoms in total. The fraction of sp³-hybridized carbons (Fsp3) is 0. The van der Waals surface area contributed by atoms with E-state index >= 15 is 0 Å². The van der Waals surface area contributed by atoms with Crippen molar-refractivity contribution in [3.63, 3.8) is 0 Å². The third-order valence-corrected chi connectivity index (χ3v) is 2.88. The molecule has 0 radical (unpaired) electrons. The highest BCUT2D eigenvalue weighted by Crippen LogP contribution is 2.06. The summed E-state index contributed by atoms with van der Waals surface area (Å²) in [5.41, 5.74) is 9.14. The van der Waals surface area contributed by atoms with Crippen LogP contribution in [0.4, 0.5) is 5.69 Å². The Hall–Kier alpha value is -2.14. The number of benzene rings is 1. The molecule has 1 amide bonds. The number of nitrogen functional groups attached to an aromatic ring is 1. The van der Waals surface area contributed by atoms with Gasteiger partial charge in [0.05, 0.1) is 6.21 Å². The smallest absolute Gasteiger partial charge is 0.271 e. The molecule has 0 unspecified atom stereocenters. The highest BCUT2D eigenvalue weighted by atomic mass is 32.1. The van der Waals surface area contributed by atoms with E-state index in [0.29, 0.717) is 11.3 Å². The lowest BCUT2D eigenvalue weighted by atomic mass is 10.2. The van der Waals surface area contributed by atoms with Gasteiger partial charge in [-0.15, -0.1) is 11.3 Å². The Morgan fingerprint density at radius 2 is 2.06 bits per heavy atom. The van der Waals surface area contributed by atoms with Crippen LogP contribution in [0.15, 0.2) is 46.9 Å². The van der Waals surface area contributed by atoms with Crippen molar-refractivity contribution in [2.24, 2.45) is 5.10 Å². The minimum absolute atomic E-state index is 0.252. The lowest BCUT2D eigenvalue weighted by Gasteiger charge is -1.99. The van der Waals surface area contributed by atoms with Crippen molar-refractivity contribution in [1.29, 1.82) is 0 Å². The van der Waals surface area contributed by atoms with Gasteiger partial charge in [-0.2, -0.15) is 5.10 Å². The van der Waals surface area contributed by atoms with Crippen molar-refractivity contribution >= 4 is 29.1 Å². The van der Waals surface area contributed by atoms with Gasteiger partial charge >= 0.3 is 0 Å². The van der Waals surface area contributed by atoms with Gasteiger partial charge in [-0.25, -0.2) is 5.43 Å². The van der Waals surface area contributed by atoms with Crippen molar-refractivity contribution in [2.45, 2.75) is 0 Å². The summed E-state index contributed by atoms with van der Waals surface area (Å²) >= 11 is 1.56. The maximum absolute atomic E-state index is 11.6. The van der Waals surface area contributed by atoms with Crippen molar-refractivity contribution in [1.82, 2.24) is 5.43 Å². The van der Waals surface area contributed by atoms with Gasteiger partial charge in [0, 0.05) is 16.1 Å². The average molecular weight is 245 g/mol. The maximum atomic E-state index is 11.6. The summed E-state index contributed by atoms with van der Waals surface area (Å²) in [7, 11) is 0. The van der Waals surface area contributed by atoms with Crippen LogP contribution in [0, 0.1) is 0 Å². The first-order chi connectivity index (χ1) is 8.25. The van der Waals surface area contributed by atoms with Crippen LogP contribution >= 0.6 is 11.3 Å². The number of carbonyl (C=O) groups is 1. The van der Waals surface area contributed by atoms with Crippen LogP contribution in [-0.4, -0.2) is 12.1 Å². The minimum atomic E-state index is -0.252. The van der Waals surface area contributed by atoms with Crippen LogP contribution in [0.1, 0.15) is 15.2 Å². The Bertz CT molecular complexity index is 517. The second-order valence-electron chi connectivity index (χ2n) is 3.34. The van der Waals surface area contributed by atoms with Gasteiger partial charge < -0.3 is 5.73 Å². The van der Waals surface area contributed by atoms with E-state index in [1.165, 1.54) is 0 Å². The summed E-state index contributed by atoms with van der Waals surface area (Å²) in [4.78, 5) is 12.6. The number of hydrogen-bond donors (Lipinski definition) is 2. The summed E-state index contributed by atoms with van der Waals surface area (Å²) in [6.45, 7) is 0. The van der Waals surface area contributed by atoms with E-state index in [1.54, 1.807) is 41.8 Å². The molecule has 0 aliphatic carbocycles. The van der Waals surface area contributed by atoms with Crippen LogP contribution < -0.4 is 11.2 Å². The molecular weight excluding hydrogens is 234 g/mol. The summed E-state index contributed by atoms with van der Waals surface area (Å²) in [6.07, 6.45) is 1.61. The predicted molar refractivity (Wildman–Crippen MR) is 70.2 cm³/mol. The van der Waals surface area contributed by atoms with E-state index in [9.17, 15) is 4.79 Å². The summed E-state index contributed by atoms with van der Waals surface area (Å²) in [5, 5.41) is 5.81. The maximum Gasteiger partial charge on any atom is 0.271 e. The number of hydrogen-bond acceptors (Lipinski definition) is 4. The van der Waals surface area contributed by atoms with E-state index < -0.39 is 0 Å². The summed E-state index contributed by atoms with van der Waals surface area (Å²) < 4.78 is 0. The predicted octanol–water partition coefficient (Wildman–Crippen LogP) is 2.09. The molecule has 0 saturated carbocycles. The Balaban J connectivity index is 1.96. The SMILES string of the molecule is Nc1ccc(C(=O)NN=Cc2cccs2)cc1. The van der Waals surface area contributed by atoms with Gasteiger partial charge in [0.1, 0.15) is 0 Å². The van der Waals surface area contributed by atoms with E-state index in [-0.39, 0.29) is 5.91 Å². The molecule has 17 heavy (non-hydrogen) atoms. The minimum Gasteiger partial charge on any atom is -0.399 e. The molecule has 2 rings (SSSR count). The number of nitrogens with zero attached hydrogens (tertiary/aromatic N) is 1. The molecule has 1 heterocycles. The largest absolute Gasteiger partial charge is 0.399 e. The van der Waals surface area contributed by atoms with Gasteiger partial charge in [0.25, 0.3) is 5.91 Å². The highest BCUT2D eigenvalue weighted by Gasteiger charge is 2.02. The first kappa shape index (κ1) is 11.3. The van der Waals surface area contributed by atoms with Crippen LogP contribution in [0.3, 0.4) is 0 Å². The van der Waals surface area contributed by atoms with Gasteiger partial charge in [0.15, 0.2) is 0 Å². The van der Waals surface area contributed by atoms with Crippen LogP contribution in [0.5, 0.6) is 0 Å². The molecule has 0 fully saturated rings. The lowest BCUT2D eigenvalue weighted by Crippen LogP contribution is -2.17. The second-order valence-corrected chi connectivity index (χ2v) is 4.32. The number of nitrogens with two attached hydrogens (primary N) is 1. The number of hydrazone groups is 1. The molecule has 0 atom stereocenters. The van der Waals surface area contributed by atoms with Gasteiger partial charge in [-0.1, -0.05) is 6.07 Å². The monoisotopic (exact) mass is 245 g/mol. The van der Waals surface area contributed by atoms with Gasteiger partial charge in [0.2, 0.25) is 0 Å². The van der Waals surface area contributed by atoms with Gasteiger partial charge in [-0.3, -0.25) is 4.79 Å². The zero-order chi connectivity index (χ0) is 12.1. The first-order valence-corrected chi connectivity index (χ1v) is 5.86. The van der Waals surface area contributed by atoms with E-state index in [4.69, 9.17) is 5.73 Å². The second kappa shape index (κ2) is 5.27. The Kier molecular flexibility index (Phi) is 3.52. The van der Waals surface area contributed by atoms with Crippen LogP contribution in [0.2, 0.25) is 0 Å². The molecule has 1 aromatic carbocycles. The van der Waals surface area contributed by atoms with Crippen LogP contribution in [-0.2, 0) is 0 Å². The number of anilines is 1. The zero-order valence-corrected chi connectivity index (χ0v) is 9.78. The first-order valence-electron chi connectivity index (χ1n) is 4.98. The quantitative estimate of drug-likeness (QED) is 0.494. The third-order valence-electron chi connectivity index (χ3n) is 2.07. The number of thiophene rings is 1. The number of nitrogens with one attached hydrogen (secondary N) is 1. The third kappa shape index (κ3) is 3.15. The standard InChI is InChI=1S/C12H11N3OS/c13-10-5-3-9(4-6-10)12(16)15-14-8-11-2-1-7-17-11/h1-8H,13H2,(H,15,16). The normalized spacial score (nSPS) is 10.6. The van der Waals surface area contributed by atoms with Crippen molar-refractivity contribution in [3.05, 3.63) is 52.2 Å². The molecule has 0 aliphatic rings.